The topological polar surface area (TPSA) is 54.5 Å². The first-order valence-electron chi connectivity index (χ1n) is 7.39. The first kappa shape index (κ1) is 14.5. The van der Waals surface area contributed by atoms with E-state index in [1.807, 2.05) is 37.3 Å². The van der Waals surface area contributed by atoms with Crippen molar-refractivity contribution in [3.63, 3.8) is 0 Å². The first-order valence-corrected chi connectivity index (χ1v) is 7.39. The van der Waals surface area contributed by atoms with Crippen molar-refractivity contribution in [1.82, 2.24) is 9.88 Å². The van der Waals surface area contributed by atoms with Crippen LogP contribution < -0.4 is 5.32 Å². The van der Waals surface area contributed by atoms with Crippen molar-refractivity contribution in [2.45, 2.75) is 6.92 Å². The van der Waals surface area contributed by atoms with E-state index >= 15 is 0 Å². The van der Waals surface area contributed by atoms with Gasteiger partial charge in [0.15, 0.2) is 0 Å². The second kappa shape index (κ2) is 6.58. The van der Waals surface area contributed by atoms with Crippen molar-refractivity contribution in [2.75, 3.05) is 31.6 Å². The minimum Gasteiger partial charge on any atom is -0.378 e. The van der Waals surface area contributed by atoms with E-state index in [4.69, 9.17) is 4.74 Å². The van der Waals surface area contributed by atoms with Crippen molar-refractivity contribution >= 4 is 17.4 Å². The molecule has 2 heterocycles. The molecule has 0 unspecified atom stereocenters. The Hall–Kier alpha value is -2.40. The Balaban J connectivity index is 1.66. The lowest BCUT2D eigenvalue weighted by molar-refractivity contribution is 0.0302. The molecule has 1 saturated heterocycles. The molecule has 1 amide bonds. The number of pyridine rings is 1. The molecule has 1 fully saturated rings. The van der Waals surface area contributed by atoms with E-state index in [0.29, 0.717) is 31.9 Å². The number of benzene rings is 1. The molecule has 1 aromatic carbocycles. The monoisotopic (exact) mass is 297 g/mol. The van der Waals surface area contributed by atoms with Crippen LogP contribution in [0.1, 0.15) is 15.9 Å². The fraction of sp³-hybridized carbons (Fsp3) is 0.294. The van der Waals surface area contributed by atoms with Gasteiger partial charge in [-0.15, -0.1) is 0 Å². The van der Waals surface area contributed by atoms with Crippen LogP contribution >= 0.6 is 0 Å². The molecular formula is C17H19N3O2. The summed E-state index contributed by atoms with van der Waals surface area (Å²) in [6, 6.07) is 11.7. The third-order valence-electron chi connectivity index (χ3n) is 3.63. The summed E-state index contributed by atoms with van der Waals surface area (Å²) in [6.07, 6.45) is 1.62. The molecule has 114 valence electrons. The van der Waals surface area contributed by atoms with Crippen molar-refractivity contribution in [1.29, 1.82) is 0 Å². The van der Waals surface area contributed by atoms with Crippen LogP contribution in [0.15, 0.2) is 42.6 Å². The molecule has 0 bridgehead atoms. The molecule has 1 N–H and O–H groups in total. The number of hydrogen-bond donors (Lipinski definition) is 1. The maximum absolute atomic E-state index is 12.3. The van der Waals surface area contributed by atoms with Crippen LogP contribution in [0.5, 0.6) is 0 Å². The molecule has 1 aliphatic heterocycles. The zero-order chi connectivity index (χ0) is 15.4. The van der Waals surface area contributed by atoms with Crippen molar-refractivity contribution < 1.29 is 9.53 Å². The number of aryl methyl sites for hydroxylation is 1. The van der Waals surface area contributed by atoms with Crippen LogP contribution in [0, 0.1) is 6.92 Å². The Labute approximate surface area is 129 Å². The number of aromatic nitrogens is 1. The molecule has 22 heavy (non-hydrogen) atoms. The number of ether oxygens (including phenoxy) is 1. The fourth-order valence-corrected chi connectivity index (χ4v) is 2.33. The van der Waals surface area contributed by atoms with Crippen LogP contribution in [-0.2, 0) is 4.74 Å². The van der Waals surface area contributed by atoms with E-state index in [0.717, 1.165) is 11.5 Å². The smallest absolute Gasteiger partial charge is 0.255 e. The Morgan fingerprint density at radius 3 is 2.50 bits per heavy atom. The van der Waals surface area contributed by atoms with Crippen LogP contribution in [-0.4, -0.2) is 42.1 Å². The summed E-state index contributed by atoms with van der Waals surface area (Å²) in [5.41, 5.74) is 2.80. The van der Waals surface area contributed by atoms with E-state index < -0.39 is 0 Å². The average molecular weight is 297 g/mol. The Morgan fingerprint density at radius 2 is 1.86 bits per heavy atom. The van der Waals surface area contributed by atoms with Gasteiger partial charge in [-0.3, -0.25) is 4.79 Å². The quantitative estimate of drug-likeness (QED) is 0.946. The molecule has 2 aromatic rings. The minimum atomic E-state index is 0.0117. The molecule has 0 aliphatic carbocycles. The molecule has 5 nitrogen and oxygen atoms in total. The second-order valence-corrected chi connectivity index (χ2v) is 5.33. The molecule has 1 aliphatic rings. The van der Waals surface area contributed by atoms with Crippen LogP contribution in [0.4, 0.5) is 11.5 Å². The van der Waals surface area contributed by atoms with Crippen LogP contribution in [0.25, 0.3) is 0 Å². The predicted octanol–water partition coefficient (Wildman–Crippen LogP) is 2.61. The molecule has 0 saturated carbocycles. The standard InChI is InChI=1S/C17H19N3O2/c1-13-2-5-15(6-3-13)19-16-7-4-14(12-18-16)17(21)20-8-10-22-11-9-20/h2-7,12H,8-11H2,1H3,(H,18,19). The van der Waals surface area contributed by atoms with Gasteiger partial charge in [0.1, 0.15) is 5.82 Å². The summed E-state index contributed by atoms with van der Waals surface area (Å²) in [4.78, 5) is 18.4. The number of amides is 1. The maximum atomic E-state index is 12.3. The van der Waals surface area contributed by atoms with Gasteiger partial charge in [-0.05, 0) is 31.2 Å². The number of carbonyl (C=O) groups is 1. The highest BCUT2D eigenvalue weighted by Crippen LogP contribution is 2.16. The summed E-state index contributed by atoms with van der Waals surface area (Å²) >= 11 is 0. The highest BCUT2D eigenvalue weighted by molar-refractivity contribution is 5.94. The highest BCUT2D eigenvalue weighted by Gasteiger charge is 2.18. The zero-order valence-corrected chi connectivity index (χ0v) is 12.6. The lowest BCUT2D eigenvalue weighted by atomic mass is 10.2. The van der Waals surface area contributed by atoms with Gasteiger partial charge in [-0.25, -0.2) is 4.98 Å². The van der Waals surface area contributed by atoms with E-state index in [1.54, 1.807) is 17.2 Å². The van der Waals surface area contributed by atoms with Crippen LogP contribution in [0.3, 0.4) is 0 Å². The summed E-state index contributed by atoms with van der Waals surface area (Å²) in [7, 11) is 0. The summed E-state index contributed by atoms with van der Waals surface area (Å²) in [5.74, 6) is 0.736. The number of hydrogen-bond acceptors (Lipinski definition) is 4. The predicted molar refractivity (Wildman–Crippen MR) is 85.4 cm³/mol. The average Bonchev–Trinajstić information content (AvgIpc) is 2.58. The highest BCUT2D eigenvalue weighted by atomic mass is 16.5. The van der Waals surface area contributed by atoms with Gasteiger partial charge in [-0.1, -0.05) is 17.7 Å². The molecule has 0 atom stereocenters. The van der Waals surface area contributed by atoms with E-state index in [9.17, 15) is 4.79 Å². The lowest BCUT2D eigenvalue weighted by Gasteiger charge is -2.26. The van der Waals surface area contributed by atoms with E-state index in [1.165, 1.54) is 5.56 Å². The number of rotatable bonds is 3. The third-order valence-corrected chi connectivity index (χ3v) is 3.63. The molecule has 0 radical (unpaired) electrons. The molecular weight excluding hydrogens is 278 g/mol. The number of anilines is 2. The normalized spacial score (nSPS) is 14.7. The van der Waals surface area contributed by atoms with Gasteiger partial charge in [0.25, 0.3) is 5.91 Å². The number of nitrogens with zero attached hydrogens (tertiary/aromatic N) is 2. The Morgan fingerprint density at radius 1 is 1.14 bits per heavy atom. The SMILES string of the molecule is Cc1ccc(Nc2ccc(C(=O)N3CCOCC3)cn2)cc1. The van der Waals surface area contributed by atoms with Crippen LogP contribution in [0.2, 0.25) is 0 Å². The zero-order valence-electron chi connectivity index (χ0n) is 12.6. The largest absolute Gasteiger partial charge is 0.378 e. The van der Waals surface area contributed by atoms with Crippen molar-refractivity contribution in [3.8, 4) is 0 Å². The van der Waals surface area contributed by atoms with Gasteiger partial charge in [0.05, 0.1) is 18.8 Å². The lowest BCUT2D eigenvalue weighted by Crippen LogP contribution is -2.40. The maximum Gasteiger partial charge on any atom is 0.255 e. The number of morpholine rings is 1. The second-order valence-electron chi connectivity index (χ2n) is 5.33. The number of nitrogens with one attached hydrogen (secondary N) is 1. The van der Waals surface area contributed by atoms with E-state index in [-0.39, 0.29) is 5.91 Å². The molecule has 0 spiro atoms. The van der Waals surface area contributed by atoms with Crippen molar-refractivity contribution in [2.24, 2.45) is 0 Å². The molecule has 3 rings (SSSR count). The van der Waals surface area contributed by atoms with Crippen molar-refractivity contribution in [3.05, 3.63) is 53.7 Å². The Bertz CT molecular complexity index is 632. The van der Waals surface area contributed by atoms with Gasteiger partial charge >= 0.3 is 0 Å². The van der Waals surface area contributed by atoms with E-state index in [2.05, 4.69) is 10.3 Å². The third kappa shape index (κ3) is 3.43. The van der Waals surface area contributed by atoms with Gasteiger partial charge in [0, 0.05) is 25.0 Å². The summed E-state index contributed by atoms with van der Waals surface area (Å²) in [5, 5.41) is 3.22. The van der Waals surface area contributed by atoms with Gasteiger partial charge < -0.3 is 15.0 Å². The Kier molecular flexibility index (Phi) is 4.34. The summed E-state index contributed by atoms with van der Waals surface area (Å²) < 4.78 is 5.26. The molecule has 1 aromatic heterocycles. The summed E-state index contributed by atoms with van der Waals surface area (Å²) in [6.45, 7) is 4.54. The molecule has 5 heteroatoms. The van der Waals surface area contributed by atoms with Gasteiger partial charge in [0.2, 0.25) is 0 Å². The van der Waals surface area contributed by atoms with Gasteiger partial charge in [-0.2, -0.15) is 0 Å². The first-order chi connectivity index (χ1) is 10.7. The number of carbonyl (C=O) groups excluding carboxylic acids is 1. The fourth-order valence-electron chi connectivity index (χ4n) is 2.33. The minimum absolute atomic E-state index is 0.0117.